The number of anilines is 1. The summed E-state index contributed by atoms with van der Waals surface area (Å²) in [5.74, 6) is -1.30. The van der Waals surface area contributed by atoms with E-state index in [1.807, 2.05) is 54.6 Å². The lowest BCUT2D eigenvalue weighted by Crippen LogP contribution is -2.46. The van der Waals surface area contributed by atoms with E-state index in [1.165, 1.54) is 23.9 Å². The molecule has 0 N–H and O–H groups in total. The predicted octanol–water partition coefficient (Wildman–Crippen LogP) is 5.12. The number of benzene rings is 2. The molecule has 182 valence electrons. The molecule has 2 aliphatic heterocycles. The van der Waals surface area contributed by atoms with Gasteiger partial charge in [-0.3, -0.25) is 14.5 Å². The molecule has 1 saturated heterocycles. The van der Waals surface area contributed by atoms with Gasteiger partial charge in [-0.05, 0) is 67.9 Å². The SMILES string of the molecule is O=C1C(=O)C(CCCN2CCN(c3ccc(F)cc3)CC2)C=C2Sc3ccccc3N=C3C=C/C3=C\12. The minimum Gasteiger partial charge on any atom is -0.369 e. The number of ketones is 2. The van der Waals surface area contributed by atoms with Gasteiger partial charge < -0.3 is 4.90 Å². The zero-order valence-electron chi connectivity index (χ0n) is 19.8. The van der Waals surface area contributed by atoms with Crippen LogP contribution in [0.3, 0.4) is 0 Å². The zero-order chi connectivity index (χ0) is 24.6. The van der Waals surface area contributed by atoms with Crippen LogP contribution in [-0.2, 0) is 9.59 Å². The van der Waals surface area contributed by atoms with Gasteiger partial charge in [-0.1, -0.05) is 30.0 Å². The van der Waals surface area contributed by atoms with E-state index >= 15 is 0 Å². The molecule has 2 heterocycles. The van der Waals surface area contributed by atoms with Crippen LogP contribution in [0, 0.1) is 11.7 Å². The first-order valence-electron chi connectivity index (χ1n) is 12.4. The third-order valence-corrected chi connectivity index (χ3v) is 8.34. The largest absolute Gasteiger partial charge is 0.369 e. The molecule has 0 amide bonds. The highest BCUT2D eigenvalue weighted by Gasteiger charge is 2.38. The number of allylic oxidation sites excluding steroid dienone is 5. The van der Waals surface area contributed by atoms with Gasteiger partial charge in [-0.2, -0.15) is 0 Å². The summed E-state index contributed by atoms with van der Waals surface area (Å²) < 4.78 is 13.2. The van der Waals surface area contributed by atoms with E-state index < -0.39 is 0 Å². The van der Waals surface area contributed by atoms with Gasteiger partial charge in [-0.15, -0.1) is 0 Å². The van der Waals surface area contributed by atoms with Crippen LogP contribution in [0.15, 0.2) is 92.7 Å². The summed E-state index contributed by atoms with van der Waals surface area (Å²) in [7, 11) is 0. The number of carbonyl (C=O) groups excluding carboxylic acids is 2. The van der Waals surface area contributed by atoms with Gasteiger partial charge in [0.05, 0.1) is 11.4 Å². The maximum atomic E-state index is 13.2. The first-order chi connectivity index (χ1) is 17.6. The van der Waals surface area contributed by atoms with Crippen LogP contribution in [-0.4, -0.2) is 54.9 Å². The molecule has 0 bridgehead atoms. The van der Waals surface area contributed by atoms with E-state index in [0.717, 1.165) is 71.6 Å². The Labute approximate surface area is 214 Å². The molecule has 4 aliphatic rings. The number of thioether (sulfide) groups is 1. The molecule has 1 unspecified atom stereocenters. The van der Waals surface area contributed by atoms with Crippen molar-refractivity contribution >= 4 is 40.4 Å². The normalized spacial score (nSPS) is 23.6. The van der Waals surface area contributed by atoms with Gasteiger partial charge in [0, 0.05) is 58.7 Å². The number of halogens is 1. The minimum atomic E-state index is -0.388. The lowest BCUT2D eigenvalue weighted by molar-refractivity contribution is -0.136. The van der Waals surface area contributed by atoms with Crippen LogP contribution < -0.4 is 4.90 Å². The van der Waals surface area contributed by atoms with Crippen molar-refractivity contribution in [3.8, 4) is 0 Å². The number of para-hydroxylation sites is 1. The number of hydrogen-bond donors (Lipinski definition) is 0. The van der Waals surface area contributed by atoms with E-state index in [4.69, 9.17) is 4.99 Å². The molecule has 2 aromatic rings. The number of hydrogen-bond acceptors (Lipinski definition) is 6. The van der Waals surface area contributed by atoms with Gasteiger partial charge >= 0.3 is 0 Å². The molecule has 6 rings (SSSR count). The summed E-state index contributed by atoms with van der Waals surface area (Å²) in [6.07, 6.45) is 7.30. The summed E-state index contributed by atoms with van der Waals surface area (Å²) in [5, 5.41) is 0. The van der Waals surface area contributed by atoms with Crippen LogP contribution in [0.25, 0.3) is 0 Å². The van der Waals surface area contributed by atoms with Gasteiger partial charge in [0.1, 0.15) is 5.82 Å². The third kappa shape index (κ3) is 4.38. The topological polar surface area (TPSA) is 53.0 Å². The fraction of sp³-hybridized carbons (Fsp3) is 0.276. The summed E-state index contributed by atoms with van der Waals surface area (Å²) >= 11 is 1.53. The average molecular weight is 500 g/mol. The quantitative estimate of drug-likeness (QED) is 0.535. The first-order valence-corrected chi connectivity index (χ1v) is 13.2. The standard InChI is InChI=1S/C29H26FN3O2S/c30-20-7-9-21(10-8-20)33-16-14-32(15-17-33)13-3-4-19-18-26-27(29(35)28(19)34)22-11-12-23(22)31-24-5-1-2-6-25(24)36-26/h1-2,5-12,18-19H,3-4,13-17H2/b27-22+,31-23?. The average Bonchev–Trinajstić information content (AvgIpc) is 2.88. The zero-order valence-corrected chi connectivity index (χ0v) is 20.6. The molecular formula is C29H26FN3O2S. The molecule has 0 radical (unpaired) electrons. The summed E-state index contributed by atoms with van der Waals surface area (Å²) in [4.78, 5) is 37.5. The van der Waals surface area contributed by atoms with Gasteiger partial charge in [0.25, 0.3) is 0 Å². The van der Waals surface area contributed by atoms with Crippen molar-refractivity contribution in [2.24, 2.45) is 10.9 Å². The van der Waals surface area contributed by atoms with E-state index in [0.29, 0.717) is 12.0 Å². The Hall–Kier alpha value is -3.29. The number of Topliss-reactive ketones (excluding diaryl/α,β-unsaturated/α-hetero) is 2. The van der Waals surface area contributed by atoms with E-state index in [1.54, 1.807) is 0 Å². The Bertz CT molecular complexity index is 1350. The van der Waals surface area contributed by atoms with Crippen LogP contribution in [0.2, 0.25) is 0 Å². The van der Waals surface area contributed by atoms with Crippen LogP contribution in [0.5, 0.6) is 0 Å². The monoisotopic (exact) mass is 499 g/mol. The van der Waals surface area contributed by atoms with Crippen molar-refractivity contribution < 1.29 is 14.0 Å². The molecule has 0 saturated carbocycles. The number of piperazine rings is 1. The number of fused-ring (bicyclic) bond motifs is 3. The van der Waals surface area contributed by atoms with Crippen molar-refractivity contribution in [1.29, 1.82) is 0 Å². The lowest BCUT2D eigenvalue weighted by Gasteiger charge is -2.36. The van der Waals surface area contributed by atoms with Gasteiger partial charge in [0.2, 0.25) is 11.6 Å². The lowest BCUT2D eigenvalue weighted by atomic mass is 9.81. The van der Waals surface area contributed by atoms with Crippen molar-refractivity contribution in [2.75, 3.05) is 37.6 Å². The summed E-state index contributed by atoms with van der Waals surface area (Å²) in [6.45, 7) is 4.52. The molecule has 0 spiro atoms. The molecule has 2 aromatic carbocycles. The second-order valence-corrected chi connectivity index (χ2v) is 10.6. The highest BCUT2D eigenvalue weighted by Crippen LogP contribution is 2.45. The highest BCUT2D eigenvalue weighted by molar-refractivity contribution is 8.03. The Balaban J connectivity index is 1.12. The highest BCUT2D eigenvalue weighted by atomic mass is 32.2. The van der Waals surface area contributed by atoms with Crippen LogP contribution in [0.4, 0.5) is 15.8 Å². The van der Waals surface area contributed by atoms with Crippen molar-refractivity contribution in [2.45, 2.75) is 17.7 Å². The van der Waals surface area contributed by atoms with Gasteiger partial charge in [0.15, 0.2) is 0 Å². The molecule has 7 heteroatoms. The van der Waals surface area contributed by atoms with Crippen molar-refractivity contribution in [3.63, 3.8) is 0 Å². The Morgan fingerprint density at radius 1 is 0.972 bits per heavy atom. The first kappa shape index (κ1) is 23.1. The molecule has 5 nitrogen and oxygen atoms in total. The Morgan fingerprint density at radius 2 is 1.75 bits per heavy atom. The molecule has 2 aliphatic carbocycles. The summed E-state index contributed by atoms with van der Waals surface area (Å²) in [6, 6.07) is 14.6. The second kappa shape index (κ2) is 9.64. The van der Waals surface area contributed by atoms with E-state index in [2.05, 4.69) is 9.80 Å². The predicted molar refractivity (Wildman–Crippen MR) is 141 cm³/mol. The molecule has 36 heavy (non-hydrogen) atoms. The summed E-state index contributed by atoms with van der Waals surface area (Å²) in [5.41, 5.74) is 3.99. The number of carbonyl (C=O) groups is 2. The van der Waals surface area contributed by atoms with Gasteiger partial charge in [-0.25, -0.2) is 9.38 Å². The van der Waals surface area contributed by atoms with Crippen molar-refractivity contribution in [3.05, 3.63) is 88.6 Å². The molecule has 1 fully saturated rings. The van der Waals surface area contributed by atoms with E-state index in [9.17, 15) is 14.0 Å². The Kier molecular flexibility index (Phi) is 6.19. The maximum Gasteiger partial charge on any atom is 0.231 e. The molecular weight excluding hydrogens is 473 g/mol. The number of nitrogens with zero attached hydrogens (tertiary/aromatic N) is 3. The third-order valence-electron chi connectivity index (χ3n) is 7.22. The number of aliphatic imine (C=N–C) groups is 1. The van der Waals surface area contributed by atoms with Crippen LogP contribution in [0.1, 0.15) is 12.8 Å². The fourth-order valence-corrected chi connectivity index (χ4v) is 6.29. The Morgan fingerprint density at radius 3 is 2.50 bits per heavy atom. The van der Waals surface area contributed by atoms with Crippen LogP contribution >= 0.6 is 11.8 Å². The minimum absolute atomic E-state index is 0.217. The maximum absolute atomic E-state index is 13.2. The smallest absolute Gasteiger partial charge is 0.231 e. The number of rotatable bonds is 5. The fourth-order valence-electron chi connectivity index (χ4n) is 5.15. The second-order valence-electron chi connectivity index (χ2n) is 9.47. The van der Waals surface area contributed by atoms with Crippen molar-refractivity contribution in [1.82, 2.24) is 4.90 Å². The van der Waals surface area contributed by atoms with E-state index in [-0.39, 0.29) is 23.3 Å². The molecule has 0 aromatic heterocycles. The molecule has 1 atom stereocenters.